The Morgan fingerprint density at radius 3 is 2.41 bits per heavy atom. The van der Waals surface area contributed by atoms with Gasteiger partial charge in [0, 0.05) is 18.4 Å². The van der Waals surface area contributed by atoms with Gasteiger partial charge in [0.05, 0.1) is 21.8 Å². The zero-order valence-corrected chi connectivity index (χ0v) is 12.3. The van der Waals surface area contributed by atoms with Crippen LogP contribution in [0.5, 0.6) is 5.75 Å². The quantitative estimate of drug-likeness (QED) is 0.880. The van der Waals surface area contributed by atoms with Crippen molar-refractivity contribution < 1.29 is 9.53 Å². The Kier molecular flexibility index (Phi) is 3.83. The predicted molar refractivity (Wildman–Crippen MR) is 72.3 cm³/mol. The Morgan fingerprint density at radius 1 is 1.29 bits per heavy atom. The van der Waals surface area contributed by atoms with Crippen LogP contribution in [-0.2, 0) is 4.79 Å². The average molecular weight is 362 g/mol. The van der Waals surface area contributed by atoms with Crippen molar-refractivity contribution in [3.63, 3.8) is 0 Å². The van der Waals surface area contributed by atoms with E-state index in [1.165, 1.54) is 0 Å². The van der Waals surface area contributed by atoms with E-state index in [0.717, 1.165) is 26.0 Å². The molecule has 1 N–H and O–H groups in total. The molecule has 2 rings (SSSR count). The van der Waals surface area contributed by atoms with Crippen molar-refractivity contribution in [2.24, 2.45) is 5.10 Å². The monoisotopic (exact) mass is 360 g/mol. The van der Waals surface area contributed by atoms with Crippen LogP contribution in [0.3, 0.4) is 0 Å². The van der Waals surface area contributed by atoms with E-state index in [9.17, 15) is 4.79 Å². The number of rotatable bonds is 2. The van der Waals surface area contributed by atoms with Gasteiger partial charge in [-0.3, -0.25) is 4.79 Å². The van der Waals surface area contributed by atoms with E-state index in [1.54, 1.807) is 7.11 Å². The number of hydrogen-bond acceptors (Lipinski definition) is 3. The maximum absolute atomic E-state index is 11.0. The first-order valence-corrected chi connectivity index (χ1v) is 6.59. The highest BCUT2D eigenvalue weighted by Crippen LogP contribution is 2.35. The number of benzene rings is 1. The van der Waals surface area contributed by atoms with Gasteiger partial charge in [0.2, 0.25) is 5.91 Å². The van der Waals surface area contributed by atoms with Gasteiger partial charge in [0.1, 0.15) is 5.75 Å². The summed E-state index contributed by atoms with van der Waals surface area (Å²) in [6.45, 7) is 0. The van der Waals surface area contributed by atoms with Gasteiger partial charge in [-0.1, -0.05) is 0 Å². The summed E-state index contributed by atoms with van der Waals surface area (Å²) < 4.78 is 6.93. The first-order chi connectivity index (χ1) is 8.11. The molecule has 0 saturated carbocycles. The molecule has 1 aromatic rings. The molecule has 0 radical (unpaired) electrons. The maximum atomic E-state index is 11.0. The van der Waals surface area contributed by atoms with Gasteiger partial charge in [-0.2, -0.15) is 5.10 Å². The van der Waals surface area contributed by atoms with E-state index in [2.05, 4.69) is 42.4 Å². The fourth-order valence-corrected chi connectivity index (χ4v) is 3.11. The first kappa shape index (κ1) is 12.6. The fourth-order valence-electron chi connectivity index (χ4n) is 1.60. The first-order valence-electron chi connectivity index (χ1n) is 5.00. The summed E-state index contributed by atoms with van der Waals surface area (Å²) in [5, 5.41) is 4.05. The number of ether oxygens (including phenoxy) is 1. The number of hydrogen-bond donors (Lipinski definition) is 1. The standard InChI is InChI=1S/C11H10Br2N2O2/c1-17-11-7(12)4-6(5-8(11)13)9-2-3-10(16)15-14-9/h4-5H,2-3H2,1H3,(H,15,16). The summed E-state index contributed by atoms with van der Waals surface area (Å²) in [4.78, 5) is 11.0. The molecule has 1 aromatic carbocycles. The summed E-state index contributed by atoms with van der Waals surface area (Å²) in [5.74, 6) is 0.703. The van der Waals surface area contributed by atoms with Crippen LogP contribution in [0.15, 0.2) is 26.2 Å². The van der Waals surface area contributed by atoms with Crippen LogP contribution < -0.4 is 10.2 Å². The normalized spacial score (nSPS) is 15.2. The van der Waals surface area contributed by atoms with Crippen LogP contribution in [0.2, 0.25) is 0 Å². The molecule has 6 heteroatoms. The molecule has 17 heavy (non-hydrogen) atoms. The van der Waals surface area contributed by atoms with E-state index in [4.69, 9.17) is 4.74 Å². The number of hydrazone groups is 1. The van der Waals surface area contributed by atoms with Gasteiger partial charge < -0.3 is 4.74 Å². The molecule has 1 aliphatic rings. The molecule has 0 aliphatic carbocycles. The lowest BCUT2D eigenvalue weighted by Crippen LogP contribution is -2.25. The lowest BCUT2D eigenvalue weighted by Gasteiger charge is -2.14. The second-order valence-electron chi connectivity index (χ2n) is 3.57. The lowest BCUT2D eigenvalue weighted by atomic mass is 10.0. The summed E-state index contributed by atoms with van der Waals surface area (Å²) in [6.07, 6.45) is 1.12. The summed E-state index contributed by atoms with van der Waals surface area (Å²) in [5.41, 5.74) is 4.32. The summed E-state index contributed by atoms with van der Waals surface area (Å²) in [6, 6.07) is 3.86. The smallest absolute Gasteiger partial charge is 0.240 e. The van der Waals surface area contributed by atoms with E-state index >= 15 is 0 Å². The molecular weight excluding hydrogens is 352 g/mol. The van der Waals surface area contributed by atoms with E-state index in [1.807, 2.05) is 12.1 Å². The fraction of sp³-hybridized carbons (Fsp3) is 0.273. The number of methoxy groups -OCH3 is 1. The zero-order valence-electron chi connectivity index (χ0n) is 9.09. The van der Waals surface area contributed by atoms with Gasteiger partial charge in [0.15, 0.2) is 0 Å². The zero-order chi connectivity index (χ0) is 12.4. The SMILES string of the molecule is COc1c(Br)cc(C2=NNC(=O)CC2)cc1Br. The number of carbonyl (C=O) groups excluding carboxylic acids is 1. The van der Waals surface area contributed by atoms with Gasteiger partial charge in [-0.05, 0) is 44.0 Å². The van der Waals surface area contributed by atoms with Crippen LogP contribution >= 0.6 is 31.9 Å². The van der Waals surface area contributed by atoms with Crippen molar-refractivity contribution in [2.75, 3.05) is 7.11 Å². The van der Waals surface area contributed by atoms with Crippen LogP contribution in [-0.4, -0.2) is 18.7 Å². The highest BCUT2D eigenvalue weighted by atomic mass is 79.9. The maximum Gasteiger partial charge on any atom is 0.240 e. The molecule has 4 nitrogen and oxygen atoms in total. The molecule has 0 spiro atoms. The minimum atomic E-state index is -0.0413. The van der Waals surface area contributed by atoms with Crippen molar-refractivity contribution >= 4 is 43.5 Å². The third kappa shape index (κ3) is 2.69. The molecule has 0 fully saturated rings. The van der Waals surface area contributed by atoms with E-state index in [0.29, 0.717) is 12.8 Å². The molecule has 90 valence electrons. The van der Waals surface area contributed by atoms with Crippen molar-refractivity contribution in [1.29, 1.82) is 0 Å². The van der Waals surface area contributed by atoms with Crippen LogP contribution in [0, 0.1) is 0 Å². The molecule has 1 heterocycles. The van der Waals surface area contributed by atoms with Crippen LogP contribution in [0.25, 0.3) is 0 Å². The van der Waals surface area contributed by atoms with Crippen molar-refractivity contribution in [3.8, 4) is 5.75 Å². The van der Waals surface area contributed by atoms with Gasteiger partial charge in [-0.15, -0.1) is 0 Å². The third-order valence-corrected chi connectivity index (χ3v) is 3.62. The molecule has 0 bridgehead atoms. The molecule has 0 aromatic heterocycles. The summed E-state index contributed by atoms with van der Waals surface area (Å²) >= 11 is 6.88. The van der Waals surface area contributed by atoms with Gasteiger partial charge >= 0.3 is 0 Å². The molecule has 0 atom stereocenters. The molecule has 1 amide bonds. The largest absolute Gasteiger partial charge is 0.494 e. The number of nitrogens with zero attached hydrogens (tertiary/aromatic N) is 1. The number of carbonyl (C=O) groups is 1. The Hall–Kier alpha value is -0.880. The topological polar surface area (TPSA) is 50.7 Å². The third-order valence-electron chi connectivity index (χ3n) is 2.44. The molecule has 1 aliphatic heterocycles. The van der Waals surface area contributed by atoms with Gasteiger partial charge in [0.25, 0.3) is 0 Å². The summed E-state index contributed by atoms with van der Waals surface area (Å²) in [7, 11) is 1.61. The predicted octanol–water partition coefficient (Wildman–Crippen LogP) is 2.83. The van der Waals surface area contributed by atoms with E-state index in [-0.39, 0.29) is 5.91 Å². The minimum Gasteiger partial charge on any atom is -0.494 e. The van der Waals surface area contributed by atoms with Gasteiger partial charge in [-0.25, -0.2) is 5.43 Å². The second kappa shape index (κ2) is 5.18. The lowest BCUT2D eigenvalue weighted by molar-refractivity contribution is -0.121. The van der Waals surface area contributed by atoms with Crippen molar-refractivity contribution in [3.05, 3.63) is 26.6 Å². The Labute approximate surface area is 116 Å². The minimum absolute atomic E-state index is 0.0413. The molecule has 0 saturated heterocycles. The highest BCUT2D eigenvalue weighted by molar-refractivity contribution is 9.11. The molecular formula is C11H10Br2N2O2. The Bertz CT molecular complexity index is 477. The van der Waals surface area contributed by atoms with E-state index < -0.39 is 0 Å². The average Bonchev–Trinajstić information content (AvgIpc) is 2.29. The van der Waals surface area contributed by atoms with Crippen molar-refractivity contribution in [1.82, 2.24) is 5.43 Å². The Balaban J connectivity index is 2.37. The molecule has 0 unspecified atom stereocenters. The highest BCUT2D eigenvalue weighted by Gasteiger charge is 2.16. The number of amides is 1. The van der Waals surface area contributed by atoms with Crippen LogP contribution in [0.1, 0.15) is 18.4 Å². The van der Waals surface area contributed by atoms with Crippen LogP contribution in [0.4, 0.5) is 0 Å². The number of nitrogens with one attached hydrogen (secondary N) is 1. The second-order valence-corrected chi connectivity index (χ2v) is 5.28. The number of halogens is 2. The van der Waals surface area contributed by atoms with Crippen molar-refractivity contribution in [2.45, 2.75) is 12.8 Å². The Morgan fingerprint density at radius 2 is 1.94 bits per heavy atom.